The highest BCUT2D eigenvalue weighted by molar-refractivity contribution is 6.62. The molecule has 0 spiro atoms. The number of aromatic nitrogens is 1. The maximum Gasteiger partial charge on any atom is 0.497 e. The lowest BCUT2D eigenvalue weighted by atomic mass is 9.77. The predicted molar refractivity (Wildman–Crippen MR) is 94.8 cm³/mol. The summed E-state index contributed by atoms with van der Waals surface area (Å²) >= 11 is 0. The molecule has 10 heteroatoms. The van der Waals surface area contributed by atoms with Gasteiger partial charge in [-0.1, -0.05) is 0 Å². The largest absolute Gasteiger partial charge is 0.497 e. The molecule has 0 unspecified atom stereocenters. The first-order valence-corrected chi connectivity index (χ1v) is 8.45. The number of pyridine rings is 1. The summed E-state index contributed by atoms with van der Waals surface area (Å²) < 4.78 is 57.2. The highest BCUT2D eigenvalue weighted by atomic mass is 19.4. The predicted octanol–water partition coefficient (Wildman–Crippen LogP) is 3.75. The number of ether oxygens (including phenoxy) is 1. The molecule has 0 saturated carbocycles. The number of anilines is 1. The summed E-state index contributed by atoms with van der Waals surface area (Å²) in [6.07, 6.45) is -4.59. The molecule has 1 aromatic rings. The Morgan fingerprint density at radius 2 is 1.67 bits per heavy atom. The van der Waals surface area contributed by atoms with E-state index < -0.39 is 41.8 Å². The summed E-state index contributed by atoms with van der Waals surface area (Å²) in [6.45, 7) is 11.9. The van der Waals surface area contributed by atoms with Crippen LogP contribution in [0.15, 0.2) is 12.3 Å². The molecule has 1 aromatic heterocycles. The molecule has 6 nitrogen and oxygen atoms in total. The van der Waals surface area contributed by atoms with Crippen molar-refractivity contribution in [2.45, 2.75) is 71.4 Å². The zero-order valence-corrected chi connectivity index (χ0v) is 16.4. The summed E-state index contributed by atoms with van der Waals surface area (Å²) in [5.41, 5.74) is -3.64. The summed E-state index contributed by atoms with van der Waals surface area (Å²) in [5.74, 6) is -0.281. The molecule has 1 amide bonds. The minimum Gasteiger partial charge on any atom is -0.444 e. The van der Waals surface area contributed by atoms with Crippen molar-refractivity contribution in [3.05, 3.63) is 17.8 Å². The molecule has 0 aromatic carbocycles. The van der Waals surface area contributed by atoms with Crippen LogP contribution in [0.25, 0.3) is 0 Å². The fourth-order valence-electron chi connectivity index (χ4n) is 2.35. The highest BCUT2D eigenvalue weighted by Crippen LogP contribution is 2.38. The van der Waals surface area contributed by atoms with Gasteiger partial charge in [-0.05, 0) is 54.5 Å². The van der Waals surface area contributed by atoms with Crippen LogP contribution >= 0.6 is 0 Å². The first kappa shape index (κ1) is 21.5. The lowest BCUT2D eigenvalue weighted by Gasteiger charge is -2.32. The van der Waals surface area contributed by atoms with E-state index in [9.17, 15) is 18.0 Å². The number of amides is 1. The van der Waals surface area contributed by atoms with Gasteiger partial charge < -0.3 is 14.0 Å². The van der Waals surface area contributed by atoms with Gasteiger partial charge in [-0.25, -0.2) is 9.78 Å². The Morgan fingerprint density at radius 3 is 2.11 bits per heavy atom. The van der Waals surface area contributed by atoms with Crippen molar-refractivity contribution < 1.29 is 32.0 Å². The number of carbonyl (C=O) groups is 1. The monoisotopic (exact) mass is 388 g/mol. The standard InChI is InChI=1S/C17H24BF3N2O4/c1-14(2,3)25-13(24)23-12-8-10(17(19,20)21)11(9-22-12)18-26-15(4,5)16(6,7)27-18/h8-9H,1-7H3,(H,22,23,24). The molecule has 2 rings (SSSR count). The van der Waals surface area contributed by atoms with Gasteiger partial charge in [0, 0.05) is 11.7 Å². The third-order valence-corrected chi connectivity index (χ3v) is 4.38. The van der Waals surface area contributed by atoms with Crippen molar-refractivity contribution in [3.8, 4) is 0 Å². The van der Waals surface area contributed by atoms with Gasteiger partial charge in [-0.3, -0.25) is 5.32 Å². The van der Waals surface area contributed by atoms with Crippen molar-refractivity contribution in [2.24, 2.45) is 0 Å². The second-order valence-electron chi connectivity index (χ2n) is 8.37. The Balaban J connectivity index is 2.34. The number of rotatable bonds is 2. The van der Waals surface area contributed by atoms with Crippen LogP contribution in [0.3, 0.4) is 0 Å². The fraction of sp³-hybridized carbons (Fsp3) is 0.647. The number of hydrogen-bond donors (Lipinski definition) is 1. The van der Waals surface area contributed by atoms with E-state index in [-0.39, 0.29) is 11.3 Å². The Kier molecular flexibility index (Phi) is 5.31. The Hall–Kier alpha value is -1.81. The van der Waals surface area contributed by atoms with E-state index >= 15 is 0 Å². The number of nitrogens with zero attached hydrogens (tertiary/aromatic N) is 1. The first-order chi connectivity index (χ1) is 12.0. The minimum absolute atomic E-state index is 0.254. The van der Waals surface area contributed by atoms with Crippen molar-refractivity contribution in [3.63, 3.8) is 0 Å². The molecule has 0 atom stereocenters. The van der Waals surface area contributed by atoms with Crippen molar-refractivity contribution in [1.82, 2.24) is 4.98 Å². The average molecular weight is 388 g/mol. The van der Waals surface area contributed by atoms with E-state index in [0.29, 0.717) is 0 Å². The third-order valence-electron chi connectivity index (χ3n) is 4.38. The number of carbonyl (C=O) groups excluding carboxylic acids is 1. The third kappa shape index (κ3) is 4.92. The highest BCUT2D eigenvalue weighted by Gasteiger charge is 2.53. The topological polar surface area (TPSA) is 69.7 Å². The van der Waals surface area contributed by atoms with Gasteiger partial charge in [0.1, 0.15) is 11.4 Å². The maximum atomic E-state index is 13.6. The van der Waals surface area contributed by atoms with Crippen LogP contribution < -0.4 is 10.8 Å². The van der Waals surface area contributed by atoms with Crippen LogP contribution in [0.2, 0.25) is 0 Å². The maximum absolute atomic E-state index is 13.6. The average Bonchev–Trinajstić information content (AvgIpc) is 2.64. The molecule has 150 valence electrons. The second-order valence-corrected chi connectivity index (χ2v) is 8.37. The molecule has 0 aliphatic carbocycles. The lowest BCUT2D eigenvalue weighted by Crippen LogP contribution is -2.41. The van der Waals surface area contributed by atoms with Gasteiger partial charge in [0.15, 0.2) is 0 Å². The van der Waals surface area contributed by atoms with Crippen molar-refractivity contribution in [2.75, 3.05) is 5.32 Å². The fourth-order valence-corrected chi connectivity index (χ4v) is 2.35. The van der Waals surface area contributed by atoms with Gasteiger partial charge >= 0.3 is 19.4 Å². The molecule has 1 aliphatic heterocycles. The Bertz CT molecular complexity index is 714. The molecule has 1 fully saturated rings. The zero-order chi connectivity index (χ0) is 20.8. The number of nitrogens with one attached hydrogen (secondary N) is 1. The summed E-state index contributed by atoms with van der Waals surface area (Å²) in [7, 11) is -1.23. The van der Waals surface area contributed by atoms with Crippen molar-refractivity contribution in [1.29, 1.82) is 0 Å². The number of alkyl halides is 3. The molecule has 0 bridgehead atoms. The molecular weight excluding hydrogens is 364 g/mol. The van der Waals surface area contributed by atoms with E-state index in [0.717, 1.165) is 12.3 Å². The molecule has 0 radical (unpaired) electrons. The van der Waals surface area contributed by atoms with E-state index in [2.05, 4.69) is 10.3 Å². The van der Waals surface area contributed by atoms with Crippen LogP contribution in [0, 0.1) is 0 Å². The SMILES string of the molecule is CC(C)(C)OC(=O)Nc1cc(C(F)(F)F)c(B2OC(C)(C)C(C)(C)O2)cn1. The summed E-state index contributed by atoms with van der Waals surface area (Å²) in [4.78, 5) is 15.7. The van der Waals surface area contributed by atoms with Gasteiger partial charge in [-0.15, -0.1) is 0 Å². The van der Waals surface area contributed by atoms with Gasteiger partial charge in [-0.2, -0.15) is 13.2 Å². The minimum atomic E-state index is -4.69. The molecule has 1 aliphatic rings. The Morgan fingerprint density at radius 1 is 1.15 bits per heavy atom. The molecule has 1 saturated heterocycles. The van der Waals surface area contributed by atoms with Crippen LogP contribution in [-0.2, 0) is 20.2 Å². The smallest absolute Gasteiger partial charge is 0.444 e. The normalized spacial score (nSPS) is 19.1. The Labute approximate surface area is 156 Å². The first-order valence-electron chi connectivity index (χ1n) is 8.45. The molecule has 2 heterocycles. The van der Waals surface area contributed by atoms with E-state index in [1.807, 2.05) is 0 Å². The molecule has 27 heavy (non-hydrogen) atoms. The lowest BCUT2D eigenvalue weighted by molar-refractivity contribution is -0.136. The van der Waals surface area contributed by atoms with E-state index in [1.165, 1.54) is 0 Å². The van der Waals surface area contributed by atoms with Crippen LogP contribution in [0.4, 0.5) is 23.8 Å². The number of hydrogen-bond acceptors (Lipinski definition) is 5. The molecular formula is C17H24BF3N2O4. The second kappa shape index (κ2) is 6.66. The van der Waals surface area contributed by atoms with Crippen LogP contribution in [-0.4, -0.2) is 35.0 Å². The van der Waals surface area contributed by atoms with Gasteiger partial charge in [0.05, 0.1) is 16.8 Å². The van der Waals surface area contributed by atoms with Crippen LogP contribution in [0.5, 0.6) is 0 Å². The number of halogens is 3. The summed E-state index contributed by atoms with van der Waals surface area (Å²) in [5, 5.41) is 2.21. The van der Waals surface area contributed by atoms with Crippen LogP contribution in [0.1, 0.15) is 54.0 Å². The van der Waals surface area contributed by atoms with E-state index in [1.54, 1.807) is 48.5 Å². The van der Waals surface area contributed by atoms with Gasteiger partial charge in [0.25, 0.3) is 0 Å². The molecule has 1 N–H and O–H groups in total. The van der Waals surface area contributed by atoms with Crippen molar-refractivity contribution >= 4 is 24.5 Å². The quantitative estimate of drug-likeness (QED) is 0.782. The zero-order valence-electron chi connectivity index (χ0n) is 16.4. The summed E-state index contributed by atoms with van der Waals surface area (Å²) in [6, 6.07) is 0.740. The van der Waals surface area contributed by atoms with E-state index in [4.69, 9.17) is 14.0 Å². The van der Waals surface area contributed by atoms with Gasteiger partial charge in [0.2, 0.25) is 0 Å².